The van der Waals surface area contributed by atoms with Gasteiger partial charge in [0.1, 0.15) is 0 Å². The van der Waals surface area contributed by atoms with E-state index in [4.69, 9.17) is 5.73 Å². The molecule has 5 heteroatoms. The molecule has 1 saturated carbocycles. The Morgan fingerprint density at radius 1 is 1.23 bits per heavy atom. The van der Waals surface area contributed by atoms with Gasteiger partial charge in [0.15, 0.2) is 0 Å². The van der Waals surface area contributed by atoms with Crippen LogP contribution in [0.15, 0.2) is 30.3 Å². The van der Waals surface area contributed by atoms with Crippen molar-refractivity contribution in [3.05, 3.63) is 35.9 Å². The first-order valence-corrected chi connectivity index (χ1v) is 7.85. The van der Waals surface area contributed by atoms with Crippen LogP contribution in [-0.4, -0.2) is 24.1 Å². The fourth-order valence-electron chi connectivity index (χ4n) is 3.16. The van der Waals surface area contributed by atoms with E-state index < -0.39 is 6.10 Å². The fraction of sp³-hybridized carbons (Fsp3) is 0.588. The smallest absolute Gasteiger partial charge is 0.220 e. The number of amides is 1. The summed E-state index contributed by atoms with van der Waals surface area (Å²) in [5, 5.41) is 12.9. The number of carbonyl (C=O) groups excluding carboxylic acids is 1. The van der Waals surface area contributed by atoms with Crippen molar-refractivity contribution in [2.45, 2.75) is 44.6 Å². The molecule has 0 heterocycles. The van der Waals surface area contributed by atoms with Crippen LogP contribution in [0.3, 0.4) is 0 Å². The lowest BCUT2D eigenvalue weighted by molar-refractivity contribution is -0.124. The third-order valence-electron chi connectivity index (χ3n) is 4.56. The first-order chi connectivity index (χ1) is 10.2. The van der Waals surface area contributed by atoms with Crippen LogP contribution in [0.5, 0.6) is 0 Å². The number of halogens is 1. The molecule has 1 aromatic carbocycles. The molecule has 1 fully saturated rings. The minimum Gasteiger partial charge on any atom is -0.387 e. The van der Waals surface area contributed by atoms with Crippen LogP contribution in [0, 0.1) is 5.41 Å². The van der Waals surface area contributed by atoms with Crippen LogP contribution in [0.2, 0.25) is 0 Å². The molecule has 1 aliphatic carbocycles. The lowest BCUT2D eigenvalue weighted by Crippen LogP contribution is -2.39. The van der Waals surface area contributed by atoms with Gasteiger partial charge in [0.25, 0.3) is 0 Å². The summed E-state index contributed by atoms with van der Waals surface area (Å²) in [7, 11) is 0. The second-order valence-corrected chi connectivity index (χ2v) is 6.17. The number of nitrogens with two attached hydrogens (primary N) is 1. The summed E-state index contributed by atoms with van der Waals surface area (Å²) in [5.74, 6) is -0.00247. The topological polar surface area (TPSA) is 75.4 Å². The number of rotatable bonds is 6. The van der Waals surface area contributed by atoms with Crippen LogP contribution >= 0.6 is 12.4 Å². The van der Waals surface area contributed by atoms with E-state index in [2.05, 4.69) is 5.32 Å². The molecule has 1 amide bonds. The molecule has 2 rings (SSSR count). The van der Waals surface area contributed by atoms with Gasteiger partial charge in [-0.15, -0.1) is 12.4 Å². The number of hydrogen-bond acceptors (Lipinski definition) is 3. The Balaban J connectivity index is 0.00000242. The van der Waals surface area contributed by atoms with Gasteiger partial charge in [0.05, 0.1) is 6.10 Å². The number of aliphatic hydroxyl groups excluding tert-OH is 1. The SMILES string of the molecule is Cl.NCC1(CC(=O)NCC(O)c2ccccc2)CCCCC1. The average molecular weight is 327 g/mol. The van der Waals surface area contributed by atoms with Crippen molar-refractivity contribution in [2.24, 2.45) is 11.1 Å². The van der Waals surface area contributed by atoms with E-state index in [9.17, 15) is 9.90 Å². The maximum Gasteiger partial charge on any atom is 0.220 e. The first-order valence-electron chi connectivity index (χ1n) is 7.85. The molecule has 0 aromatic heterocycles. The molecular weight excluding hydrogens is 300 g/mol. The highest BCUT2D eigenvalue weighted by Gasteiger charge is 2.32. The van der Waals surface area contributed by atoms with E-state index in [1.807, 2.05) is 30.3 Å². The molecular formula is C17H27ClN2O2. The van der Waals surface area contributed by atoms with Gasteiger partial charge in [0.2, 0.25) is 5.91 Å². The Morgan fingerprint density at radius 3 is 2.45 bits per heavy atom. The highest BCUT2D eigenvalue weighted by molar-refractivity contribution is 5.85. The first kappa shape index (κ1) is 18.9. The summed E-state index contributed by atoms with van der Waals surface area (Å²) in [6.07, 6.45) is 5.47. The van der Waals surface area contributed by atoms with Crippen molar-refractivity contribution in [3.63, 3.8) is 0 Å². The average Bonchev–Trinajstić information content (AvgIpc) is 2.54. The summed E-state index contributed by atoms with van der Waals surface area (Å²) >= 11 is 0. The van der Waals surface area contributed by atoms with Crippen molar-refractivity contribution < 1.29 is 9.90 Å². The zero-order chi connectivity index (χ0) is 15.1. The van der Waals surface area contributed by atoms with E-state index in [-0.39, 0.29) is 30.3 Å². The molecule has 0 spiro atoms. The molecule has 0 bridgehead atoms. The molecule has 4 nitrogen and oxygen atoms in total. The summed E-state index contributed by atoms with van der Waals surface area (Å²) in [6, 6.07) is 9.39. The normalized spacial score (nSPS) is 18.1. The molecule has 1 unspecified atom stereocenters. The summed E-state index contributed by atoms with van der Waals surface area (Å²) in [4.78, 5) is 12.1. The van der Waals surface area contributed by atoms with Gasteiger partial charge in [-0.3, -0.25) is 4.79 Å². The Bertz CT molecular complexity index is 447. The largest absolute Gasteiger partial charge is 0.387 e. The van der Waals surface area contributed by atoms with E-state index in [0.29, 0.717) is 13.0 Å². The third kappa shape index (κ3) is 5.27. The van der Waals surface area contributed by atoms with Crippen LogP contribution in [0.1, 0.15) is 50.2 Å². The highest BCUT2D eigenvalue weighted by atomic mass is 35.5. The number of benzene rings is 1. The molecule has 124 valence electrons. The Kier molecular flexibility index (Phi) is 7.87. The van der Waals surface area contributed by atoms with Gasteiger partial charge >= 0.3 is 0 Å². The Labute approximate surface area is 138 Å². The minimum absolute atomic E-state index is 0. The van der Waals surface area contributed by atoms with E-state index in [1.54, 1.807) is 0 Å². The number of carbonyl (C=O) groups is 1. The lowest BCUT2D eigenvalue weighted by atomic mass is 9.71. The van der Waals surface area contributed by atoms with Crippen molar-refractivity contribution in [3.8, 4) is 0 Å². The van der Waals surface area contributed by atoms with Gasteiger partial charge in [-0.1, -0.05) is 49.6 Å². The zero-order valence-electron chi connectivity index (χ0n) is 13.0. The highest BCUT2D eigenvalue weighted by Crippen LogP contribution is 2.38. The molecule has 4 N–H and O–H groups in total. The number of hydrogen-bond donors (Lipinski definition) is 3. The Morgan fingerprint density at radius 2 is 1.86 bits per heavy atom. The van der Waals surface area contributed by atoms with Crippen molar-refractivity contribution >= 4 is 18.3 Å². The zero-order valence-corrected chi connectivity index (χ0v) is 13.8. The maximum atomic E-state index is 12.1. The molecule has 22 heavy (non-hydrogen) atoms. The van der Waals surface area contributed by atoms with Gasteiger partial charge in [-0.2, -0.15) is 0 Å². The van der Waals surface area contributed by atoms with Crippen molar-refractivity contribution in [1.29, 1.82) is 0 Å². The molecule has 1 aliphatic rings. The molecule has 0 saturated heterocycles. The van der Waals surface area contributed by atoms with Gasteiger partial charge in [-0.05, 0) is 30.4 Å². The van der Waals surface area contributed by atoms with Crippen molar-refractivity contribution in [2.75, 3.05) is 13.1 Å². The fourth-order valence-corrected chi connectivity index (χ4v) is 3.16. The standard InChI is InChI=1S/C17H26N2O2.ClH/c18-13-17(9-5-2-6-10-17)11-16(21)19-12-15(20)14-7-3-1-4-8-14;/h1,3-4,7-8,15,20H,2,5-6,9-13,18H2,(H,19,21);1H. The Hall–Kier alpha value is -1.10. The predicted octanol–water partition coefficient (Wildman–Crippen LogP) is 2.56. The third-order valence-corrected chi connectivity index (χ3v) is 4.56. The molecule has 0 radical (unpaired) electrons. The van der Waals surface area contributed by atoms with Crippen LogP contribution in [0.4, 0.5) is 0 Å². The van der Waals surface area contributed by atoms with Gasteiger partial charge < -0.3 is 16.2 Å². The quantitative estimate of drug-likeness (QED) is 0.752. The molecule has 1 atom stereocenters. The van der Waals surface area contributed by atoms with Gasteiger partial charge in [0, 0.05) is 13.0 Å². The second-order valence-electron chi connectivity index (χ2n) is 6.17. The lowest BCUT2D eigenvalue weighted by Gasteiger charge is -2.35. The van der Waals surface area contributed by atoms with Gasteiger partial charge in [-0.25, -0.2) is 0 Å². The number of aliphatic hydroxyl groups is 1. The minimum atomic E-state index is -0.657. The van der Waals surface area contributed by atoms with Crippen LogP contribution in [-0.2, 0) is 4.79 Å². The van der Waals surface area contributed by atoms with E-state index in [0.717, 1.165) is 31.2 Å². The van der Waals surface area contributed by atoms with Crippen LogP contribution in [0.25, 0.3) is 0 Å². The van der Waals surface area contributed by atoms with Crippen molar-refractivity contribution in [1.82, 2.24) is 5.32 Å². The van der Waals surface area contributed by atoms with Crippen LogP contribution < -0.4 is 11.1 Å². The second kappa shape index (κ2) is 9.13. The summed E-state index contributed by atoms with van der Waals surface area (Å²) in [6.45, 7) is 0.825. The number of nitrogens with one attached hydrogen (secondary N) is 1. The summed E-state index contributed by atoms with van der Waals surface area (Å²) in [5.41, 5.74) is 6.70. The van der Waals surface area contributed by atoms with E-state index in [1.165, 1.54) is 6.42 Å². The summed E-state index contributed by atoms with van der Waals surface area (Å²) < 4.78 is 0. The monoisotopic (exact) mass is 326 g/mol. The van der Waals surface area contributed by atoms with E-state index >= 15 is 0 Å². The molecule has 0 aliphatic heterocycles. The molecule has 1 aromatic rings. The predicted molar refractivity (Wildman–Crippen MR) is 90.8 cm³/mol. The maximum absolute atomic E-state index is 12.1.